The van der Waals surface area contributed by atoms with Gasteiger partial charge >= 0.3 is 0 Å². The number of benzene rings is 1. The summed E-state index contributed by atoms with van der Waals surface area (Å²) in [6.45, 7) is 18.4. The molecule has 3 amide bonds. The topological polar surface area (TPSA) is 108 Å². The number of hydrogen-bond donors (Lipinski definition) is 2. The molecule has 258 valence electrons. The van der Waals surface area contributed by atoms with Crippen molar-refractivity contribution in [3.8, 4) is 0 Å². The molecule has 0 bridgehead atoms. The summed E-state index contributed by atoms with van der Waals surface area (Å²) in [7, 11) is 5.00. The number of hydrogen-bond acceptors (Lipinski definition) is 6. The summed E-state index contributed by atoms with van der Waals surface area (Å²) >= 11 is 0. The number of rotatable bonds is 16. The SMILES string of the molecule is CC.CCC(C)[C@@H](C(CC(=O)N1CCC[C@H]1C(OC)C(C)C(=O)NC(C)C(O)c1ccccc1)OC)N(C)C(=O)[C@@H](C)C(C)C. The molecule has 9 heteroatoms. The average Bonchev–Trinajstić information content (AvgIpc) is 3.54. The molecule has 0 spiro atoms. The molecule has 0 aromatic heterocycles. The van der Waals surface area contributed by atoms with Crippen LogP contribution in [0.25, 0.3) is 0 Å². The molecule has 1 aliphatic rings. The Kier molecular flexibility index (Phi) is 17.9. The van der Waals surface area contributed by atoms with Crippen LogP contribution in [-0.2, 0) is 23.9 Å². The van der Waals surface area contributed by atoms with Crippen LogP contribution in [0.15, 0.2) is 30.3 Å². The highest BCUT2D eigenvalue weighted by molar-refractivity contribution is 5.81. The van der Waals surface area contributed by atoms with Crippen LogP contribution in [0, 0.1) is 23.7 Å². The summed E-state index contributed by atoms with van der Waals surface area (Å²) < 4.78 is 11.8. The van der Waals surface area contributed by atoms with E-state index >= 15 is 0 Å². The third-order valence-electron chi connectivity index (χ3n) is 9.63. The Morgan fingerprint density at radius 2 is 1.60 bits per heavy atom. The maximum absolute atomic E-state index is 13.9. The fraction of sp³-hybridized carbons (Fsp3) is 0.750. The molecule has 0 aliphatic carbocycles. The van der Waals surface area contributed by atoms with Crippen LogP contribution in [0.5, 0.6) is 0 Å². The molecule has 6 unspecified atom stereocenters. The molecule has 9 atom stereocenters. The van der Waals surface area contributed by atoms with E-state index < -0.39 is 30.3 Å². The number of carbonyl (C=O) groups is 3. The van der Waals surface area contributed by atoms with E-state index in [1.165, 1.54) is 0 Å². The fourth-order valence-electron chi connectivity index (χ4n) is 6.29. The number of ether oxygens (including phenoxy) is 2. The average molecular weight is 634 g/mol. The van der Waals surface area contributed by atoms with Crippen molar-refractivity contribution in [3.63, 3.8) is 0 Å². The van der Waals surface area contributed by atoms with Gasteiger partial charge in [0, 0.05) is 33.7 Å². The molecule has 2 N–H and O–H groups in total. The van der Waals surface area contributed by atoms with E-state index in [0.29, 0.717) is 6.54 Å². The molecule has 1 aliphatic heterocycles. The monoisotopic (exact) mass is 633 g/mol. The smallest absolute Gasteiger partial charge is 0.225 e. The van der Waals surface area contributed by atoms with Crippen molar-refractivity contribution < 1.29 is 29.0 Å². The number of likely N-dealkylation sites (N-methyl/N-ethyl adjacent to an activating group) is 1. The second-order valence-corrected chi connectivity index (χ2v) is 12.8. The van der Waals surface area contributed by atoms with Crippen molar-refractivity contribution >= 4 is 17.7 Å². The zero-order chi connectivity index (χ0) is 34.4. The molecule has 1 fully saturated rings. The van der Waals surface area contributed by atoms with Crippen LogP contribution >= 0.6 is 0 Å². The van der Waals surface area contributed by atoms with Gasteiger partial charge in [-0.05, 0) is 37.2 Å². The van der Waals surface area contributed by atoms with E-state index in [2.05, 4.69) is 19.2 Å². The first-order chi connectivity index (χ1) is 21.3. The quantitative estimate of drug-likeness (QED) is 0.250. The van der Waals surface area contributed by atoms with Crippen LogP contribution in [-0.4, -0.2) is 90.8 Å². The fourth-order valence-corrected chi connectivity index (χ4v) is 6.29. The molecule has 1 aromatic carbocycles. The molecule has 1 saturated heterocycles. The van der Waals surface area contributed by atoms with Gasteiger partial charge in [-0.15, -0.1) is 0 Å². The van der Waals surface area contributed by atoms with E-state index in [-0.39, 0.29) is 54.0 Å². The molecule has 9 nitrogen and oxygen atoms in total. The summed E-state index contributed by atoms with van der Waals surface area (Å²) in [5, 5.41) is 13.7. The molecular weight excluding hydrogens is 570 g/mol. The maximum Gasteiger partial charge on any atom is 0.225 e. The Balaban J connectivity index is 0.00000496. The molecular formula is C36H63N3O6. The van der Waals surface area contributed by atoms with Crippen LogP contribution in [0.2, 0.25) is 0 Å². The standard InChI is InChI=1S/C34H57N3O6.C2H6/c1-11-22(4)30(36(8)34(41)23(5)21(2)3)28(42-9)20-29(38)37-19-15-18-27(37)32(43-10)24(6)33(40)35-25(7)31(39)26-16-13-12-14-17-26;1-2/h12-14,16-17,21-25,27-28,30-32,39H,11,15,18-20H2,1-10H3,(H,35,40);1-2H3/t22?,23-,24?,25?,27-,28?,30-,31?,32?;/m0./s1. The first-order valence-corrected chi connectivity index (χ1v) is 17.0. The van der Waals surface area contributed by atoms with Crippen molar-refractivity contribution in [1.29, 1.82) is 0 Å². The van der Waals surface area contributed by atoms with Gasteiger partial charge in [0.15, 0.2) is 0 Å². The Morgan fingerprint density at radius 3 is 2.11 bits per heavy atom. The first-order valence-electron chi connectivity index (χ1n) is 17.0. The van der Waals surface area contributed by atoms with Gasteiger partial charge in [0.05, 0.1) is 48.8 Å². The minimum absolute atomic E-state index is 0.0553. The van der Waals surface area contributed by atoms with Gasteiger partial charge in [0.2, 0.25) is 17.7 Å². The lowest BCUT2D eigenvalue weighted by Gasteiger charge is -2.40. The second-order valence-electron chi connectivity index (χ2n) is 12.8. The van der Waals surface area contributed by atoms with Crippen molar-refractivity contribution in [3.05, 3.63) is 35.9 Å². The third kappa shape index (κ3) is 10.8. The molecule has 0 saturated carbocycles. The highest BCUT2D eigenvalue weighted by atomic mass is 16.5. The van der Waals surface area contributed by atoms with Crippen molar-refractivity contribution in [2.24, 2.45) is 23.7 Å². The minimum atomic E-state index is -0.846. The lowest BCUT2D eigenvalue weighted by atomic mass is 9.88. The summed E-state index contributed by atoms with van der Waals surface area (Å²) in [6.07, 6.45) is 0.669. The van der Waals surface area contributed by atoms with E-state index in [1.54, 1.807) is 33.0 Å². The third-order valence-corrected chi connectivity index (χ3v) is 9.63. The highest BCUT2D eigenvalue weighted by Gasteiger charge is 2.42. The number of likely N-dealkylation sites (tertiary alicyclic amines) is 1. The first kappa shape index (κ1) is 40.5. The lowest BCUT2D eigenvalue weighted by molar-refractivity contribution is -0.148. The van der Waals surface area contributed by atoms with Crippen molar-refractivity contribution in [1.82, 2.24) is 15.1 Å². The zero-order valence-corrected chi connectivity index (χ0v) is 30.1. The van der Waals surface area contributed by atoms with E-state index in [9.17, 15) is 19.5 Å². The minimum Gasteiger partial charge on any atom is -0.386 e. The zero-order valence-electron chi connectivity index (χ0n) is 30.1. The van der Waals surface area contributed by atoms with E-state index in [1.807, 2.05) is 76.9 Å². The summed E-state index contributed by atoms with van der Waals surface area (Å²) in [5.41, 5.74) is 0.730. The van der Waals surface area contributed by atoms with Gasteiger partial charge in [-0.25, -0.2) is 0 Å². The van der Waals surface area contributed by atoms with Crippen LogP contribution in [0.1, 0.15) is 99.7 Å². The lowest BCUT2D eigenvalue weighted by Crippen LogP contribution is -2.54. The summed E-state index contributed by atoms with van der Waals surface area (Å²) in [5.74, 6) is -0.609. The van der Waals surface area contributed by atoms with Gasteiger partial charge in [-0.3, -0.25) is 14.4 Å². The van der Waals surface area contributed by atoms with Crippen molar-refractivity contribution in [2.75, 3.05) is 27.8 Å². The van der Waals surface area contributed by atoms with Gasteiger partial charge < -0.3 is 29.7 Å². The Morgan fingerprint density at radius 1 is 1.00 bits per heavy atom. The van der Waals surface area contributed by atoms with Crippen molar-refractivity contribution in [2.45, 2.75) is 124 Å². The van der Waals surface area contributed by atoms with Gasteiger partial charge in [-0.1, -0.05) is 92.1 Å². The van der Waals surface area contributed by atoms with E-state index in [0.717, 1.165) is 24.8 Å². The second kappa shape index (κ2) is 19.9. The number of nitrogens with one attached hydrogen (secondary N) is 1. The largest absolute Gasteiger partial charge is 0.386 e. The molecule has 45 heavy (non-hydrogen) atoms. The van der Waals surface area contributed by atoms with Gasteiger partial charge in [0.25, 0.3) is 0 Å². The number of aliphatic hydroxyl groups excluding tert-OH is 1. The predicted octanol–water partition coefficient (Wildman–Crippen LogP) is 5.46. The Bertz CT molecular complexity index is 1020. The van der Waals surface area contributed by atoms with E-state index in [4.69, 9.17) is 9.47 Å². The number of amides is 3. The summed E-state index contributed by atoms with van der Waals surface area (Å²) in [4.78, 5) is 44.1. The normalized spacial score (nSPS) is 20.1. The Labute approximate surface area is 273 Å². The number of methoxy groups -OCH3 is 2. The number of aliphatic hydroxyl groups is 1. The van der Waals surface area contributed by atoms with Crippen LogP contribution < -0.4 is 5.32 Å². The Hall–Kier alpha value is -2.49. The van der Waals surface area contributed by atoms with Gasteiger partial charge in [-0.2, -0.15) is 0 Å². The summed E-state index contributed by atoms with van der Waals surface area (Å²) in [6, 6.07) is 8.20. The highest BCUT2D eigenvalue weighted by Crippen LogP contribution is 2.30. The number of nitrogens with zero attached hydrogens (tertiary/aromatic N) is 2. The number of carbonyl (C=O) groups excluding carboxylic acids is 3. The molecule has 2 rings (SSSR count). The molecule has 1 aromatic rings. The molecule has 0 radical (unpaired) electrons. The predicted molar refractivity (Wildman–Crippen MR) is 180 cm³/mol. The van der Waals surface area contributed by atoms with Crippen LogP contribution in [0.3, 0.4) is 0 Å². The molecule has 1 heterocycles. The van der Waals surface area contributed by atoms with Crippen LogP contribution in [0.4, 0.5) is 0 Å². The maximum atomic E-state index is 13.9. The van der Waals surface area contributed by atoms with Gasteiger partial charge in [0.1, 0.15) is 0 Å².